The molecule has 1 aromatic carbocycles. The van der Waals surface area contributed by atoms with Crippen LogP contribution in [0.25, 0.3) is 0 Å². The Morgan fingerprint density at radius 3 is 2.40 bits per heavy atom. The number of aromatic amines is 1. The molecule has 7 nitrogen and oxygen atoms in total. The highest BCUT2D eigenvalue weighted by molar-refractivity contribution is 6.02. The molecule has 0 bridgehead atoms. The molecule has 3 aromatic rings. The third-order valence-electron chi connectivity index (χ3n) is 3.48. The van der Waals surface area contributed by atoms with Crippen molar-refractivity contribution in [1.82, 2.24) is 20.2 Å². The van der Waals surface area contributed by atoms with E-state index >= 15 is 0 Å². The molecule has 128 valence electrons. The molecule has 2 heterocycles. The number of carbonyl (C=O) groups excluding carboxylic acids is 1. The van der Waals surface area contributed by atoms with Gasteiger partial charge in [-0.25, -0.2) is 9.97 Å². The Morgan fingerprint density at radius 2 is 1.80 bits per heavy atom. The second-order valence-electron chi connectivity index (χ2n) is 6.53. The number of anilines is 1. The monoisotopic (exact) mass is 337 g/mol. The van der Waals surface area contributed by atoms with Crippen molar-refractivity contribution in [3.8, 4) is 11.8 Å². The molecule has 0 aliphatic rings. The quantitative estimate of drug-likeness (QED) is 0.759. The van der Waals surface area contributed by atoms with Crippen LogP contribution in [-0.2, 0) is 5.41 Å². The topological polar surface area (TPSA) is 92.8 Å². The Hall–Kier alpha value is -3.22. The molecule has 0 atom stereocenters. The van der Waals surface area contributed by atoms with Crippen LogP contribution in [0.1, 0.15) is 37.0 Å². The van der Waals surface area contributed by atoms with Gasteiger partial charge in [0.1, 0.15) is 5.75 Å². The van der Waals surface area contributed by atoms with Crippen molar-refractivity contribution in [3.63, 3.8) is 0 Å². The first-order chi connectivity index (χ1) is 11.9. The highest BCUT2D eigenvalue weighted by Gasteiger charge is 2.19. The standard InChI is InChI=1S/C18H19N5O2/c1-18(2,3)15-11-14(22-23-15)16(24)21-12-5-7-13(8-6-12)25-17-19-9-4-10-20-17/h4-11H,1-3H3,(H,21,24)(H,22,23). The van der Waals surface area contributed by atoms with Crippen LogP contribution in [0.3, 0.4) is 0 Å². The number of carbonyl (C=O) groups is 1. The number of hydrogen-bond acceptors (Lipinski definition) is 5. The molecule has 0 unspecified atom stereocenters. The number of amides is 1. The van der Waals surface area contributed by atoms with Gasteiger partial charge in [0.05, 0.1) is 0 Å². The molecule has 0 radical (unpaired) electrons. The van der Waals surface area contributed by atoms with E-state index < -0.39 is 0 Å². The number of nitrogens with one attached hydrogen (secondary N) is 2. The normalized spacial score (nSPS) is 11.2. The van der Waals surface area contributed by atoms with Gasteiger partial charge in [-0.05, 0) is 36.4 Å². The van der Waals surface area contributed by atoms with Crippen LogP contribution in [0.4, 0.5) is 5.69 Å². The molecular weight excluding hydrogens is 318 g/mol. The number of benzene rings is 1. The molecule has 0 fully saturated rings. The van der Waals surface area contributed by atoms with Crippen molar-refractivity contribution in [2.45, 2.75) is 26.2 Å². The maximum absolute atomic E-state index is 12.3. The van der Waals surface area contributed by atoms with Gasteiger partial charge in [0.2, 0.25) is 0 Å². The van der Waals surface area contributed by atoms with Crippen molar-refractivity contribution >= 4 is 11.6 Å². The van der Waals surface area contributed by atoms with E-state index in [1.54, 1.807) is 48.8 Å². The Morgan fingerprint density at radius 1 is 1.12 bits per heavy atom. The lowest BCUT2D eigenvalue weighted by molar-refractivity contribution is 0.102. The maximum Gasteiger partial charge on any atom is 0.321 e. The van der Waals surface area contributed by atoms with E-state index in [9.17, 15) is 4.79 Å². The summed E-state index contributed by atoms with van der Waals surface area (Å²) >= 11 is 0. The Bertz CT molecular complexity index is 851. The average molecular weight is 337 g/mol. The van der Waals surface area contributed by atoms with Crippen molar-refractivity contribution in [2.75, 3.05) is 5.32 Å². The minimum atomic E-state index is -0.271. The summed E-state index contributed by atoms with van der Waals surface area (Å²) in [7, 11) is 0. The molecule has 7 heteroatoms. The van der Waals surface area contributed by atoms with Gasteiger partial charge >= 0.3 is 6.01 Å². The van der Waals surface area contributed by atoms with E-state index in [0.717, 1.165) is 5.69 Å². The van der Waals surface area contributed by atoms with E-state index in [-0.39, 0.29) is 17.3 Å². The molecule has 25 heavy (non-hydrogen) atoms. The zero-order valence-electron chi connectivity index (χ0n) is 14.3. The van der Waals surface area contributed by atoms with Gasteiger partial charge in [-0.1, -0.05) is 20.8 Å². The second-order valence-corrected chi connectivity index (χ2v) is 6.53. The van der Waals surface area contributed by atoms with Gasteiger partial charge in [0.15, 0.2) is 5.69 Å². The van der Waals surface area contributed by atoms with Crippen LogP contribution in [0.5, 0.6) is 11.8 Å². The van der Waals surface area contributed by atoms with Gasteiger partial charge in [-0.3, -0.25) is 9.89 Å². The summed E-state index contributed by atoms with van der Waals surface area (Å²) in [5.41, 5.74) is 1.81. The zero-order valence-corrected chi connectivity index (χ0v) is 14.3. The summed E-state index contributed by atoms with van der Waals surface area (Å²) in [6.07, 6.45) is 3.21. The van der Waals surface area contributed by atoms with Crippen molar-refractivity contribution in [1.29, 1.82) is 0 Å². The molecule has 0 aliphatic heterocycles. The number of hydrogen-bond donors (Lipinski definition) is 2. The van der Waals surface area contributed by atoms with E-state index in [4.69, 9.17) is 4.74 Å². The predicted octanol–water partition coefficient (Wildman–Crippen LogP) is 3.54. The first kappa shape index (κ1) is 16.6. The first-order valence-corrected chi connectivity index (χ1v) is 7.84. The minimum Gasteiger partial charge on any atom is -0.424 e. The number of aromatic nitrogens is 4. The van der Waals surface area contributed by atoms with Crippen molar-refractivity contribution in [2.24, 2.45) is 0 Å². The van der Waals surface area contributed by atoms with Gasteiger partial charge in [0, 0.05) is 29.2 Å². The lowest BCUT2D eigenvalue weighted by Gasteiger charge is -2.14. The van der Waals surface area contributed by atoms with Crippen LogP contribution in [0.15, 0.2) is 48.8 Å². The van der Waals surface area contributed by atoms with E-state index in [1.807, 2.05) is 0 Å². The molecule has 0 spiro atoms. The number of ether oxygens (including phenoxy) is 1. The minimum absolute atomic E-state index is 0.0932. The fourth-order valence-electron chi connectivity index (χ4n) is 2.07. The smallest absolute Gasteiger partial charge is 0.321 e. The fourth-order valence-corrected chi connectivity index (χ4v) is 2.07. The number of rotatable bonds is 4. The van der Waals surface area contributed by atoms with E-state index in [1.165, 1.54) is 0 Å². The SMILES string of the molecule is CC(C)(C)c1cc(C(=O)Nc2ccc(Oc3ncccn3)cc2)n[nH]1. The largest absolute Gasteiger partial charge is 0.424 e. The molecule has 2 N–H and O–H groups in total. The van der Waals surface area contributed by atoms with Crippen molar-refractivity contribution < 1.29 is 9.53 Å². The van der Waals surface area contributed by atoms with Gasteiger partial charge in [-0.15, -0.1) is 0 Å². The molecule has 0 aliphatic carbocycles. The summed E-state index contributed by atoms with van der Waals surface area (Å²) in [5, 5.41) is 9.78. The average Bonchev–Trinajstić information content (AvgIpc) is 3.08. The molecule has 3 rings (SSSR count). The molecular formula is C18H19N5O2. The molecule has 0 saturated heterocycles. The highest BCUT2D eigenvalue weighted by atomic mass is 16.5. The summed E-state index contributed by atoms with van der Waals surface area (Å²) in [6.45, 7) is 6.16. The van der Waals surface area contributed by atoms with Crippen LogP contribution in [0.2, 0.25) is 0 Å². The Kier molecular flexibility index (Phi) is 4.47. The second kappa shape index (κ2) is 6.72. The van der Waals surface area contributed by atoms with Crippen molar-refractivity contribution in [3.05, 3.63) is 60.2 Å². The summed E-state index contributed by atoms with van der Waals surface area (Å²) in [6, 6.07) is 10.7. The first-order valence-electron chi connectivity index (χ1n) is 7.84. The lowest BCUT2D eigenvalue weighted by atomic mass is 9.92. The van der Waals surface area contributed by atoms with Crippen LogP contribution in [0, 0.1) is 0 Å². The Balaban J connectivity index is 1.65. The maximum atomic E-state index is 12.3. The Labute approximate surface area is 145 Å². The predicted molar refractivity (Wildman–Crippen MR) is 93.8 cm³/mol. The molecule has 0 saturated carbocycles. The summed E-state index contributed by atoms with van der Waals surface area (Å²) < 4.78 is 5.51. The number of nitrogens with zero attached hydrogens (tertiary/aromatic N) is 3. The van der Waals surface area contributed by atoms with Crippen LogP contribution in [-0.4, -0.2) is 26.1 Å². The van der Waals surface area contributed by atoms with Crippen LogP contribution >= 0.6 is 0 Å². The van der Waals surface area contributed by atoms with Gasteiger partial charge in [0.25, 0.3) is 5.91 Å². The van der Waals surface area contributed by atoms with Gasteiger partial charge < -0.3 is 10.1 Å². The molecule has 1 amide bonds. The lowest BCUT2D eigenvalue weighted by Crippen LogP contribution is -2.13. The fraction of sp³-hybridized carbons (Fsp3) is 0.222. The van der Waals surface area contributed by atoms with Crippen LogP contribution < -0.4 is 10.1 Å². The van der Waals surface area contributed by atoms with E-state index in [0.29, 0.717) is 17.1 Å². The third-order valence-corrected chi connectivity index (χ3v) is 3.48. The third kappa shape index (κ3) is 4.20. The van der Waals surface area contributed by atoms with Gasteiger partial charge in [-0.2, -0.15) is 5.10 Å². The van der Waals surface area contributed by atoms with E-state index in [2.05, 4.69) is 46.3 Å². The summed E-state index contributed by atoms with van der Waals surface area (Å²) in [4.78, 5) is 20.3. The summed E-state index contributed by atoms with van der Waals surface area (Å²) in [5.74, 6) is 0.311. The zero-order chi connectivity index (χ0) is 17.9. The molecule has 2 aromatic heterocycles. The number of H-pyrrole nitrogens is 1. The highest BCUT2D eigenvalue weighted by Crippen LogP contribution is 2.22.